The molecule has 1 aromatic heterocycles. The summed E-state index contributed by atoms with van der Waals surface area (Å²) in [5.74, 6) is 0. The van der Waals surface area contributed by atoms with E-state index < -0.39 is 67.7 Å². The maximum Gasteiger partial charge on any atom is 0.435 e. The van der Waals surface area contributed by atoms with E-state index in [2.05, 4.69) is 5.10 Å². The minimum atomic E-state index is -5.54. The van der Waals surface area contributed by atoms with Gasteiger partial charge in [-0.25, -0.2) is 4.68 Å². The summed E-state index contributed by atoms with van der Waals surface area (Å²) in [4.78, 5) is 10.9. The van der Waals surface area contributed by atoms with Crippen LogP contribution in [0.2, 0.25) is 10.0 Å². The molecule has 14 heteroatoms. The van der Waals surface area contributed by atoms with Gasteiger partial charge >= 0.3 is 18.5 Å². The van der Waals surface area contributed by atoms with Crippen LogP contribution in [0.4, 0.5) is 39.5 Å². The van der Waals surface area contributed by atoms with E-state index in [0.29, 0.717) is 0 Å². The SMILES string of the molecule is O=Cc1c(C(F)(F)F)nn(-c2c(Cl)cc(C(F)(F)F)cc2Cl)c1C(F)(F)F. The molecule has 0 bridgehead atoms. The normalized spacial score (nSPS) is 13.1. The van der Waals surface area contributed by atoms with Crippen molar-refractivity contribution < 1.29 is 44.3 Å². The average molecular weight is 445 g/mol. The van der Waals surface area contributed by atoms with Gasteiger partial charge in [-0.2, -0.15) is 44.6 Å². The van der Waals surface area contributed by atoms with Crippen LogP contribution in [0.5, 0.6) is 0 Å². The van der Waals surface area contributed by atoms with Crippen LogP contribution in [-0.4, -0.2) is 16.1 Å². The Kier molecular flexibility index (Phi) is 5.21. The van der Waals surface area contributed by atoms with E-state index in [0.717, 1.165) is 0 Å². The quantitative estimate of drug-likeness (QED) is 0.417. The van der Waals surface area contributed by atoms with Crippen molar-refractivity contribution in [2.24, 2.45) is 0 Å². The second kappa shape index (κ2) is 6.59. The fraction of sp³-hybridized carbons (Fsp3) is 0.231. The van der Waals surface area contributed by atoms with Crippen molar-refractivity contribution in [2.75, 3.05) is 0 Å². The summed E-state index contributed by atoms with van der Waals surface area (Å²) in [5.41, 5.74) is -8.79. The molecule has 0 atom stereocenters. The third kappa shape index (κ3) is 4.00. The molecule has 0 aliphatic heterocycles. The number of rotatable bonds is 2. The van der Waals surface area contributed by atoms with Gasteiger partial charge in [0.15, 0.2) is 17.7 Å². The van der Waals surface area contributed by atoms with Crippen molar-refractivity contribution in [1.82, 2.24) is 9.78 Å². The summed E-state index contributed by atoms with van der Waals surface area (Å²) in [6.45, 7) is 0. The zero-order valence-electron chi connectivity index (χ0n) is 12.2. The van der Waals surface area contributed by atoms with E-state index in [1.165, 1.54) is 0 Å². The summed E-state index contributed by atoms with van der Waals surface area (Å²) < 4.78 is 116. The molecular formula is C13H3Cl2F9N2O. The molecule has 0 amide bonds. The summed E-state index contributed by atoms with van der Waals surface area (Å²) in [6, 6.07) is 0.330. The largest absolute Gasteiger partial charge is 0.435 e. The third-order valence-corrected chi connectivity index (χ3v) is 3.71. The van der Waals surface area contributed by atoms with E-state index in [1.54, 1.807) is 0 Å². The fourth-order valence-corrected chi connectivity index (χ4v) is 2.76. The highest BCUT2D eigenvalue weighted by Crippen LogP contribution is 2.43. The molecule has 0 radical (unpaired) electrons. The van der Waals surface area contributed by atoms with Crippen molar-refractivity contribution in [3.63, 3.8) is 0 Å². The van der Waals surface area contributed by atoms with E-state index >= 15 is 0 Å². The Morgan fingerprint density at radius 1 is 0.852 bits per heavy atom. The second-order valence-corrected chi connectivity index (χ2v) is 5.74. The van der Waals surface area contributed by atoms with E-state index in [9.17, 15) is 44.3 Å². The van der Waals surface area contributed by atoms with Crippen LogP contribution in [0.25, 0.3) is 5.69 Å². The minimum Gasteiger partial charge on any atom is -0.298 e. The maximum absolute atomic E-state index is 13.3. The topological polar surface area (TPSA) is 34.9 Å². The predicted octanol–water partition coefficient (Wildman–Crippen LogP) is 6.05. The van der Waals surface area contributed by atoms with Crippen molar-refractivity contribution in [1.29, 1.82) is 0 Å². The van der Waals surface area contributed by atoms with Crippen LogP contribution in [0, 0.1) is 0 Å². The minimum absolute atomic E-state index is 0.165. The van der Waals surface area contributed by atoms with Crippen LogP contribution in [0.15, 0.2) is 12.1 Å². The number of alkyl halides is 9. The summed E-state index contributed by atoms with van der Waals surface area (Å²) in [7, 11) is 0. The highest BCUT2D eigenvalue weighted by atomic mass is 35.5. The molecule has 0 aliphatic rings. The fourth-order valence-electron chi connectivity index (χ4n) is 2.12. The molecule has 0 unspecified atom stereocenters. The van der Waals surface area contributed by atoms with Gasteiger partial charge in [-0.3, -0.25) is 4.79 Å². The molecule has 2 aromatic rings. The van der Waals surface area contributed by atoms with E-state index in [4.69, 9.17) is 23.2 Å². The molecule has 0 saturated carbocycles. The third-order valence-electron chi connectivity index (χ3n) is 3.13. The van der Waals surface area contributed by atoms with Gasteiger partial charge in [-0.15, -0.1) is 0 Å². The Labute approximate surface area is 153 Å². The van der Waals surface area contributed by atoms with Crippen LogP contribution < -0.4 is 0 Å². The molecule has 1 heterocycles. The van der Waals surface area contributed by atoms with Crippen LogP contribution in [0.3, 0.4) is 0 Å². The predicted molar refractivity (Wildman–Crippen MR) is 74.0 cm³/mol. The lowest BCUT2D eigenvalue weighted by atomic mass is 10.1. The number of halogens is 11. The van der Waals surface area contributed by atoms with Gasteiger partial charge < -0.3 is 0 Å². The highest BCUT2D eigenvalue weighted by Gasteiger charge is 2.47. The zero-order chi connectivity index (χ0) is 20.9. The molecule has 1 aromatic carbocycles. The number of carbonyl (C=O) groups excluding carboxylic acids is 1. The highest BCUT2D eigenvalue weighted by molar-refractivity contribution is 6.37. The first kappa shape index (κ1) is 21.4. The molecular weight excluding hydrogens is 442 g/mol. The number of carbonyl (C=O) groups is 1. The first-order valence-electron chi connectivity index (χ1n) is 6.38. The lowest BCUT2D eigenvalue weighted by Crippen LogP contribution is -2.16. The number of benzene rings is 1. The van der Waals surface area contributed by atoms with Crippen LogP contribution >= 0.6 is 23.2 Å². The molecule has 0 fully saturated rings. The van der Waals surface area contributed by atoms with Gasteiger partial charge in [0.25, 0.3) is 0 Å². The Morgan fingerprint density at radius 2 is 1.33 bits per heavy atom. The number of hydrogen-bond donors (Lipinski definition) is 0. The lowest BCUT2D eigenvalue weighted by molar-refractivity contribution is -0.144. The van der Waals surface area contributed by atoms with Crippen molar-refractivity contribution in [3.8, 4) is 5.69 Å². The van der Waals surface area contributed by atoms with Crippen LogP contribution in [-0.2, 0) is 18.5 Å². The number of hydrogen-bond acceptors (Lipinski definition) is 2. The Balaban J connectivity index is 2.92. The van der Waals surface area contributed by atoms with E-state index in [1.807, 2.05) is 0 Å². The number of aromatic nitrogens is 2. The molecule has 2 rings (SSSR count). The van der Waals surface area contributed by atoms with Gasteiger partial charge in [0.1, 0.15) is 5.69 Å². The zero-order valence-corrected chi connectivity index (χ0v) is 13.7. The number of nitrogens with zero attached hydrogens (tertiary/aromatic N) is 2. The first-order valence-corrected chi connectivity index (χ1v) is 7.13. The monoisotopic (exact) mass is 444 g/mol. The van der Waals surface area contributed by atoms with Crippen LogP contribution in [0.1, 0.15) is 27.3 Å². The van der Waals surface area contributed by atoms with Gasteiger partial charge in [0, 0.05) is 0 Å². The summed E-state index contributed by atoms with van der Waals surface area (Å²) in [6.07, 6.45) is -16.7. The molecule has 0 N–H and O–H groups in total. The molecule has 148 valence electrons. The summed E-state index contributed by atoms with van der Waals surface area (Å²) >= 11 is 11.1. The molecule has 0 saturated heterocycles. The average Bonchev–Trinajstić information content (AvgIpc) is 2.84. The second-order valence-electron chi connectivity index (χ2n) is 4.92. The van der Waals surface area contributed by atoms with Gasteiger partial charge in [-0.1, -0.05) is 23.2 Å². The first-order chi connectivity index (χ1) is 12.1. The standard InChI is InChI=1S/C13H3Cl2F9N2O/c14-6-1-4(11(16,17)18)2-7(15)8(6)26-10(13(22,23)24)5(3-27)9(25-26)12(19,20)21/h1-3H. The lowest BCUT2D eigenvalue weighted by Gasteiger charge is -2.15. The molecule has 0 spiro atoms. The molecule has 3 nitrogen and oxygen atoms in total. The Morgan fingerprint density at radius 3 is 1.67 bits per heavy atom. The molecule has 0 aliphatic carbocycles. The van der Waals surface area contributed by atoms with E-state index in [-0.39, 0.29) is 12.1 Å². The Bertz CT molecular complexity index is 874. The van der Waals surface area contributed by atoms with Crippen molar-refractivity contribution >= 4 is 29.5 Å². The summed E-state index contributed by atoms with van der Waals surface area (Å²) in [5, 5.41) is 0.571. The van der Waals surface area contributed by atoms with Gasteiger partial charge in [-0.05, 0) is 12.1 Å². The maximum atomic E-state index is 13.3. The number of aldehydes is 1. The van der Waals surface area contributed by atoms with Crippen molar-refractivity contribution in [2.45, 2.75) is 18.5 Å². The van der Waals surface area contributed by atoms with Crippen molar-refractivity contribution in [3.05, 3.63) is 44.7 Å². The molecule has 27 heavy (non-hydrogen) atoms. The van der Waals surface area contributed by atoms with Gasteiger partial charge in [0.2, 0.25) is 0 Å². The smallest absolute Gasteiger partial charge is 0.298 e. The van der Waals surface area contributed by atoms with Gasteiger partial charge in [0.05, 0.1) is 21.2 Å². The Hall–Kier alpha value is -1.95.